The largest absolute Gasteiger partial charge is 0.481 e. The highest BCUT2D eigenvalue weighted by Crippen LogP contribution is 2.28. The van der Waals surface area contributed by atoms with Gasteiger partial charge in [0, 0.05) is 12.1 Å². The summed E-state index contributed by atoms with van der Waals surface area (Å²) in [5, 5.41) is 12.8. The molecule has 0 amide bonds. The smallest absolute Gasteiger partial charge is 0.306 e. The molecule has 0 aliphatic heterocycles. The highest BCUT2D eigenvalue weighted by atomic mass is 16.4. The van der Waals surface area contributed by atoms with Crippen LogP contribution in [0.4, 0.5) is 0 Å². The lowest BCUT2D eigenvalue weighted by atomic mass is 9.85. The molecular weight excluding hydrogens is 274 g/mol. The number of nitrogens with one attached hydrogen (secondary N) is 1. The van der Waals surface area contributed by atoms with E-state index in [1.165, 1.54) is 42.4 Å². The average molecular weight is 301 g/mol. The van der Waals surface area contributed by atoms with Crippen LogP contribution in [-0.4, -0.2) is 17.1 Å². The Kier molecular flexibility index (Phi) is 4.82. The molecule has 1 aromatic carbocycles. The van der Waals surface area contributed by atoms with Crippen molar-refractivity contribution >= 4 is 5.97 Å². The molecule has 0 aromatic heterocycles. The van der Waals surface area contributed by atoms with Gasteiger partial charge in [0.15, 0.2) is 0 Å². The first-order valence-corrected chi connectivity index (χ1v) is 8.74. The standard InChI is InChI=1S/C19H27NO2/c1-13(20-18-10-8-15(9-11-18)19(21)22)16-7-6-14-4-2-3-5-17(14)12-16/h6-7,12-13,15,18,20H,2-5,8-11H2,1H3,(H,21,22). The van der Waals surface area contributed by atoms with Crippen molar-refractivity contribution in [2.24, 2.45) is 5.92 Å². The summed E-state index contributed by atoms with van der Waals surface area (Å²) in [6.45, 7) is 2.23. The highest BCUT2D eigenvalue weighted by molar-refractivity contribution is 5.70. The number of hydrogen-bond donors (Lipinski definition) is 2. The lowest BCUT2D eigenvalue weighted by molar-refractivity contribution is -0.142. The van der Waals surface area contributed by atoms with Gasteiger partial charge in [0.25, 0.3) is 0 Å². The third-order valence-corrected chi connectivity index (χ3v) is 5.43. The molecule has 1 fully saturated rings. The molecule has 120 valence electrons. The molecule has 1 aromatic rings. The second-order valence-corrected chi connectivity index (χ2v) is 7.01. The molecule has 0 saturated heterocycles. The Labute approximate surface area is 133 Å². The van der Waals surface area contributed by atoms with E-state index < -0.39 is 5.97 Å². The van der Waals surface area contributed by atoms with Gasteiger partial charge >= 0.3 is 5.97 Å². The van der Waals surface area contributed by atoms with E-state index in [1.807, 2.05) is 0 Å². The number of hydrogen-bond acceptors (Lipinski definition) is 2. The normalized spacial score (nSPS) is 26.2. The van der Waals surface area contributed by atoms with Crippen LogP contribution in [0, 0.1) is 5.92 Å². The van der Waals surface area contributed by atoms with Crippen LogP contribution in [0.15, 0.2) is 18.2 Å². The van der Waals surface area contributed by atoms with Crippen LogP contribution >= 0.6 is 0 Å². The van der Waals surface area contributed by atoms with Gasteiger partial charge in [-0.05, 0) is 75.0 Å². The fourth-order valence-electron chi connectivity index (χ4n) is 3.98. The Morgan fingerprint density at radius 1 is 1.14 bits per heavy atom. The minimum atomic E-state index is -0.624. The van der Waals surface area contributed by atoms with E-state index in [4.69, 9.17) is 5.11 Å². The molecule has 1 atom stereocenters. The number of fused-ring (bicyclic) bond motifs is 1. The number of aliphatic carboxylic acids is 1. The molecule has 2 aliphatic rings. The SMILES string of the molecule is CC(NC1CCC(C(=O)O)CC1)c1ccc2c(c1)CCCC2. The molecule has 3 nitrogen and oxygen atoms in total. The van der Waals surface area contributed by atoms with Crippen molar-refractivity contribution in [3.05, 3.63) is 34.9 Å². The summed E-state index contributed by atoms with van der Waals surface area (Å²) in [5.41, 5.74) is 4.44. The molecule has 22 heavy (non-hydrogen) atoms. The van der Waals surface area contributed by atoms with E-state index in [9.17, 15) is 4.79 Å². The Bertz CT molecular complexity index is 532. The topological polar surface area (TPSA) is 49.3 Å². The van der Waals surface area contributed by atoms with Crippen LogP contribution in [0.5, 0.6) is 0 Å². The summed E-state index contributed by atoms with van der Waals surface area (Å²) in [4.78, 5) is 11.0. The van der Waals surface area contributed by atoms with Crippen LogP contribution in [0.3, 0.4) is 0 Å². The summed E-state index contributed by atoms with van der Waals surface area (Å²) in [6, 6.07) is 7.77. The molecule has 2 N–H and O–H groups in total. The molecular formula is C19H27NO2. The first-order chi connectivity index (χ1) is 10.6. The summed E-state index contributed by atoms with van der Waals surface area (Å²) in [6.07, 6.45) is 8.67. The number of carboxylic acids is 1. The predicted octanol–water partition coefficient (Wildman–Crippen LogP) is 3.86. The van der Waals surface area contributed by atoms with Gasteiger partial charge in [0.1, 0.15) is 0 Å². The molecule has 0 heterocycles. The van der Waals surface area contributed by atoms with Crippen LogP contribution in [0.1, 0.15) is 68.2 Å². The molecule has 3 rings (SSSR count). The van der Waals surface area contributed by atoms with Crippen molar-refractivity contribution in [3.8, 4) is 0 Å². The van der Waals surface area contributed by atoms with Crippen molar-refractivity contribution in [1.82, 2.24) is 5.32 Å². The third-order valence-electron chi connectivity index (χ3n) is 5.43. The summed E-state index contributed by atoms with van der Waals surface area (Å²) < 4.78 is 0. The number of benzene rings is 1. The van der Waals surface area contributed by atoms with Crippen LogP contribution in [-0.2, 0) is 17.6 Å². The number of aryl methyl sites for hydroxylation is 2. The van der Waals surface area contributed by atoms with Gasteiger partial charge in [-0.3, -0.25) is 4.79 Å². The van der Waals surface area contributed by atoms with Gasteiger partial charge in [0.05, 0.1) is 5.92 Å². The Morgan fingerprint density at radius 2 is 1.82 bits per heavy atom. The first-order valence-electron chi connectivity index (χ1n) is 8.74. The van der Waals surface area contributed by atoms with E-state index in [2.05, 4.69) is 30.4 Å². The Hall–Kier alpha value is -1.35. The number of carbonyl (C=O) groups is 1. The van der Waals surface area contributed by atoms with Crippen molar-refractivity contribution < 1.29 is 9.90 Å². The van der Waals surface area contributed by atoms with E-state index in [1.54, 1.807) is 0 Å². The molecule has 0 bridgehead atoms. The Balaban J connectivity index is 1.58. The zero-order chi connectivity index (χ0) is 15.5. The molecule has 3 heteroatoms. The maximum absolute atomic E-state index is 11.0. The fraction of sp³-hybridized carbons (Fsp3) is 0.632. The molecule has 1 unspecified atom stereocenters. The van der Waals surface area contributed by atoms with Crippen molar-refractivity contribution in [1.29, 1.82) is 0 Å². The molecule has 0 spiro atoms. The van der Waals surface area contributed by atoms with Crippen LogP contribution in [0.25, 0.3) is 0 Å². The molecule has 2 aliphatic carbocycles. The highest BCUT2D eigenvalue weighted by Gasteiger charge is 2.26. The van der Waals surface area contributed by atoms with Crippen molar-refractivity contribution in [2.45, 2.75) is 70.4 Å². The number of carboxylic acid groups (broad SMARTS) is 1. The van der Waals surface area contributed by atoms with Gasteiger partial charge in [-0.2, -0.15) is 0 Å². The average Bonchev–Trinajstić information content (AvgIpc) is 2.55. The lowest BCUT2D eigenvalue weighted by Crippen LogP contribution is -2.36. The first kappa shape index (κ1) is 15.5. The quantitative estimate of drug-likeness (QED) is 0.888. The monoisotopic (exact) mass is 301 g/mol. The summed E-state index contributed by atoms with van der Waals surface area (Å²) >= 11 is 0. The van der Waals surface area contributed by atoms with Gasteiger partial charge in [-0.25, -0.2) is 0 Å². The zero-order valence-electron chi connectivity index (χ0n) is 13.5. The van der Waals surface area contributed by atoms with E-state index in [-0.39, 0.29) is 5.92 Å². The van der Waals surface area contributed by atoms with Crippen LogP contribution < -0.4 is 5.32 Å². The number of rotatable bonds is 4. The summed E-state index contributed by atoms with van der Waals surface area (Å²) in [5.74, 6) is -0.752. The second kappa shape index (κ2) is 6.82. The van der Waals surface area contributed by atoms with Gasteiger partial charge in [0.2, 0.25) is 0 Å². The van der Waals surface area contributed by atoms with E-state index in [0.717, 1.165) is 25.7 Å². The third kappa shape index (κ3) is 3.52. The predicted molar refractivity (Wildman–Crippen MR) is 88.0 cm³/mol. The maximum atomic E-state index is 11.0. The van der Waals surface area contributed by atoms with Gasteiger partial charge in [-0.15, -0.1) is 0 Å². The maximum Gasteiger partial charge on any atom is 0.306 e. The Morgan fingerprint density at radius 3 is 2.50 bits per heavy atom. The van der Waals surface area contributed by atoms with Gasteiger partial charge in [-0.1, -0.05) is 18.2 Å². The van der Waals surface area contributed by atoms with Crippen molar-refractivity contribution in [3.63, 3.8) is 0 Å². The lowest BCUT2D eigenvalue weighted by Gasteiger charge is -2.30. The molecule has 1 saturated carbocycles. The minimum absolute atomic E-state index is 0.128. The fourth-order valence-corrected chi connectivity index (χ4v) is 3.98. The second-order valence-electron chi connectivity index (χ2n) is 7.01. The van der Waals surface area contributed by atoms with E-state index >= 15 is 0 Å². The van der Waals surface area contributed by atoms with Crippen molar-refractivity contribution in [2.75, 3.05) is 0 Å². The minimum Gasteiger partial charge on any atom is -0.481 e. The molecule has 0 radical (unpaired) electrons. The van der Waals surface area contributed by atoms with Crippen LogP contribution in [0.2, 0.25) is 0 Å². The van der Waals surface area contributed by atoms with E-state index in [0.29, 0.717) is 12.1 Å². The summed E-state index contributed by atoms with van der Waals surface area (Å²) in [7, 11) is 0. The van der Waals surface area contributed by atoms with Gasteiger partial charge < -0.3 is 10.4 Å². The zero-order valence-corrected chi connectivity index (χ0v) is 13.5.